The molecule has 5 rings (SSSR count). The van der Waals surface area contributed by atoms with Gasteiger partial charge in [0.2, 0.25) is 5.91 Å². The van der Waals surface area contributed by atoms with Crippen LogP contribution in [-0.2, 0) is 11.3 Å². The molecule has 2 amide bonds. The first-order valence-corrected chi connectivity index (χ1v) is 12.4. The summed E-state index contributed by atoms with van der Waals surface area (Å²) in [6.45, 7) is 2.44. The zero-order valence-electron chi connectivity index (χ0n) is 19.2. The molecule has 2 N–H and O–H groups in total. The Morgan fingerprint density at radius 1 is 1.06 bits per heavy atom. The number of carbonyl (C=O) groups excluding carboxylic acids is 2. The maximum atomic E-state index is 12.8. The summed E-state index contributed by atoms with van der Waals surface area (Å²) in [5.74, 6) is 1.17. The number of aryl methyl sites for hydroxylation is 1. The number of anilines is 1. The molecule has 35 heavy (non-hydrogen) atoms. The number of para-hydroxylation sites is 1. The van der Waals surface area contributed by atoms with Gasteiger partial charge in [0, 0.05) is 6.04 Å². The van der Waals surface area contributed by atoms with E-state index < -0.39 is 0 Å². The number of thioether (sulfide) groups is 1. The maximum Gasteiger partial charge on any atom is 0.253 e. The number of amides is 2. The minimum Gasteiger partial charge on any atom is -0.469 e. The van der Waals surface area contributed by atoms with Gasteiger partial charge in [0.05, 0.1) is 35.4 Å². The van der Waals surface area contributed by atoms with E-state index in [-0.39, 0.29) is 23.6 Å². The van der Waals surface area contributed by atoms with Crippen molar-refractivity contribution in [3.8, 4) is 11.4 Å². The zero-order chi connectivity index (χ0) is 24.2. The molecule has 2 aromatic heterocycles. The van der Waals surface area contributed by atoms with Crippen LogP contribution < -0.4 is 10.6 Å². The third-order valence-electron chi connectivity index (χ3n) is 5.69. The Hall–Kier alpha value is -3.85. The number of hydrogen-bond acceptors (Lipinski definition) is 6. The average molecular weight is 488 g/mol. The van der Waals surface area contributed by atoms with Crippen molar-refractivity contribution in [1.82, 2.24) is 20.1 Å². The van der Waals surface area contributed by atoms with Gasteiger partial charge < -0.3 is 15.1 Å². The fourth-order valence-electron chi connectivity index (χ4n) is 3.72. The SMILES string of the molecule is Cc1occc1-c1nnc(SCC(=O)Nc2ccccc2C(=O)NC2CC2)n1Cc1ccccc1. The van der Waals surface area contributed by atoms with Gasteiger partial charge >= 0.3 is 0 Å². The van der Waals surface area contributed by atoms with Crippen molar-refractivity contribution < 1.29 is 14.0 Å². The summed E-state index contributed by atoms with van der Waals surface area (Å²) in [5, 5.41) is 15.2. The normalized spacial score (nSPS) is 12.9. The lowest BCUT2D eigenvalue weighted by atomic mass is 10.1. The van der Waals surface area contributed by atoms with E-state index >= 15 is 0 Å². The van der Waals surface area contributed by atoms with Crippen molar-refractivity contribution in [2.75, 3.05) is 11.1 Å². The van der Waals surface area contributed by atoms with Gasteiger partial charge in [-0.25, -0.2) is 0 Å². The number of aromatic nitrogens is 3. The highest BCUT2D eigenvalue weighted by Crippen LogP contribution is 2.28. The summed E-state index contributed by atoms with van der Waals surface area (Å²) in [4.78, 5) is 25.4. The van der Waals surface area contributed by atoms with Crippen molar-refractivity contribution in [3.63, 3.8) is 0 Å². The van der Waals surface area contributed by atoms with Gasteiger partial charge in [-0.1, -0.05) is 54.2 Å². The largest absolute Gasteiger partial charge is 0.469 e. The van der Waals surface area contributed by atoms with E-state index in [0.29, 0.717) is 28.8 Å². The molecule has 1 saturated carbocycles. The first kappa shape index (κ1) is 22.9. The van der Waals surface area contributed by atoms with Crippen LogP contribution in [0.2, 0.25) is 0 Å². The van der Waals surface area contributed by atoms with Crippen LogP contribution in [0.15, 0.2) is 76.5 Å². The number of carbonyl (C=O) groups is 2. The molecular formula is C26H25N5O3S. The van der Waals surface area contributed by atoms with Crippen molar-refractivity contribution in [3.05, 3.63) is 83.8 Å². The zero-order valence-corrected chi connectivity index (χ0v) is 20.0. The fourth-order valence-corrected chi connectivity index (χ4v) is 4.46. The summed E-state index contributed by atoms with van der Waals surface area (Å²) in [7, 11) is 0. The van der Waals surface area contributed by atoms with Crippen LogP contribution in [0.5, 0.6) is 0 Å². The molecule has 0 bridgehead atoms. The first-order chi connectivity index (χ1) is 17.1. The van der Waals surface area contributed by atoms with Gasteiger partial charge in [-0.2, -0.15) is 0 Å². The average Bonchev–Trinajstić information content (AvgIpc) is 3.45. The summed E-state index contributed by atoms with van der Waals surface area (Å²) < 4.78 is 7.46. The van der Waals surface area contributed by atoms with Crippen LogP contribution >= 0.6 is 11.8 Å². The molecule has 2 aromatic carbocycles. The van der Waals surface area contributed by atoms with E-state index in [1.807, 2.05) is 47.9 Å². The van der Waals surface area contributed by atoms with Gasteiger partial charge in [-0.3, -0.25) is 14.2 Å². The van der Waals surface area contributed by atoms with Gasteiger partial charge in [0.15, 0.2) is 11.0 Å². The lowest BCUT2D eigenvalue weighted by Crippen LogP contribution is -2.27. The second-order valence-corrected chi connectivity index (χ2v) is 9.34. The summed E-state index contributed by atoms with van der Waals surface area (Å²) in [5.41, 5.74) is 2.91. The van der Waals surface area contributed by atoms with Crippen molar-refractivity contribution in [1.29, 1.82) is 0 Å². The van der Waals surface area contributed by atoms with Gasteiger partial charge in [-0.05, 0) is 43.5 Å². The van der Waals surface area contributed by atoms with Gasteiger partial charge in [-0.15, -0.1) is 10.2 Å². The molecule has 1 fully saturated rings. The highest BCUT2D eigenvalue weighted by atomic mass is 32.2. The molecule has 9 heteroatoms. The number of nitrogens with zero attached hydrogens (tertiary/aromatic N) is 3. The Morgan fingerprint density at radius 3 is 2.57 bits per heavy atom. The minimum atomic E-state index is -0.225. The lowest BCUT2D eigenvalue weighted by Gasteiger charge is -2.12. The van der Waals surface area contributed by atoms with E-state index in [9.17, 15) is 9.59 Å². The van der Waals surface area contributed by atoms with E-state index in [1.165, 1.54) is 11.8 Å². The van der Waals surface area contributed by atoms with E-state index in [2.05, 4.69) is 20.8 Å². The quantitative estimate of drug-likeness (QED) is 0.337. The number of nitrogens with one attached hydrogen (secondary N) is 2. The van der Waals surface area contributed by atoms with Gasteiger partial charge in [0.1, 0.15) is 5.76 Å². The highest BCUT2D eigenvalue weighted by molar-refractivity contribution is 7.99. The lowest BCUT2D eigenvalue weighted by molar-refractivity contribution is -0.113. The minimum absolute atomic E-state index is 0.121. The molecule has 0 atom stereocenters. The number of benzene rings is 2. The Balaban J connectivity index is 1.32. The molecule has 1 aliphatic rings. The van der Waals surface area contributed by atoms with E-state index in [0.717, 1.165) is 29.7 Å². The molecule has 2 heterocycles. The third kappa shape index (κ3) is 5.46. The van der Waals surface area contributed by atoms with Crippen LogP contribution in [0.3, 0.4) is 0 Å². The van der Waals surface area contributed by atoms with Crippen molar-refractivity contribution in [2.45, 2.75) is 37.5 Å². The number of rotatable bonds is 9. The van der Waals surface area contributed by atoms with Crippen LogP contribution in [0, 0.1) is 6.92 Å². The van der Waals surface area contributed by atoms with Crippen LogP contribution in [-0.4, -0.2) is 38.4 Å². The van der Waals surface area contributed by atoms with Crippen LogP contribution in [0.1, 0.15) is 34.5 Å². The molecule has 0 aliphatic heterocycles. The van der Waals surface area contributed by atoms with E-state index in [4.69, 9.17) is 4.42 Å². The number of furan rings is 1. The Labute approximate surface area is 207 Å². The maximum absolute atomic E-state index is 12.8. The van der Waals surface area contributed by atoms with Gasteiger partial charge in [0.25, 0.3) is 5.91 Å². The van der Waals surface area contributed by atoms with E-state index in [1.54, 1.807) is 30.5 Å². The predicted octanol–water partition coefficient (Wildman–Crippen LogP) is 4.52. The monoisotopic (exact) mass is 487 g/mol. The Morgan fingerprint density at radius 2 is 1.83 bits per heavy atom. The molecule has 1 aliphatic carbocycles. The van der Waals surface area contributed by atoms with Crippen LogP contribution in [0.4, 0.5) is 5.69 Å². The number of hydrogen-bond donors (Lipinski definition) is 2. The standard InChI is InChI=1S/C26H25N5O3S/c1-17-20(13-14-34-17)24-29-30-26(31(24)15-18-7-3-2-4-8-18)35-16-23(32)28-22-10-6-5-9-21(22)25(33)27-19-11-12-19/h2-10,13-14,19H,11-12,15-16H2,1H3,(H,27,33)(H,28,32). The molecule has 0 radical (unpaired) electrons. The Kier molecular flexibility index (Phi) is 6.67. The second kappa shape index (κ2) is 10.2. The summed E-state index contributed by atoms with van der Waals surface area (Å²) in [6.07, 6.45) is 3.63. The molecule has 8 nitrogen and oxygen atoms in total. The highest BCUT2D eigenvalue weighted by Gasteiger charge is 2.25. The smallest absolute Gasteiger partial charge is 0.253 e. The first-order valence-electron chi connectivity index (χ1n) is 11.4. The molecule has 0 saturated heterocycles. The summed E-state index contributed by atoms with van der Waals surface area (Å²) >= 11 is 1.30. The predicted molar refractivity (Wildman–Crippen MR) is 134 cm³/mol. The van der Waals surface area contributed by atoms with Crippen molar-refractivity contribution >= 4 is 29.3 Å². The molecule has 0 unspecified atom stereocenters. The molecule has 178 valence electrons. The molecular weight excluding hydrogens is 462 g/mol. The Bertz CT molecular complexity index is 1340. The van der Waals surface area contributed by atoms with Crippen LogP contribution in [0.25, 0.3) is 11.4 Å². The molecule has 4 aromatic rings. The fraction of sp³-hybridized carbons (Fsp3) is 0.231. The second-order valence-electron chi connectivity index (χ2n) is 8.40. The van der Waals surface area contributed by atoms with Crippen molar-refractivity contribution in [2.24, 2.45) is 0 Å². The summed E-state index contributed by atoms with van der Waals surface area (Å²) in [6, 6.07) is 19.2. The topological polar surface area (TPSA) is 102 Å². The molecule has 0 spiro atoms. The third-order valence-corrected chi connectivity index (χ3v) is 6.66.